The SMILES string of the molecule is C.C.C.CS[CH-]SC.[Li+].[Sn]. The third kappa shape index (κ3) is 49.8. The molecule has 0 saturated heterocycles. The minimum Gasteiger partial charge on any atom is -0.344 e. The van der Waals surface area contributed by atoms with E-state index < -0.39 is 0 Å². The second-order valence-corrected chi connectivity index (χ2v) is 2.28. The predicted octanol–water partition coefficient (Wildman–Crippen LogP) is 0.363. The minimum absolute atomic E-state index is 0. The summed E-state index contributed by atoms with van der Waals surface area (Å²) in [4.78, 5) is 0. The van der Waals surface area contributed by atoms with Crippen molar-refractivity contribution >= 4 is 47.4 Å². The summed E-state index contributed by atoms with van der Waals surface area (Å²) in [5.41, 5.74) is 0. The summed E-state index contributed by atoms with van der Waals surface area (Å²) in [7, 11) is 0. The zero-order valence-electron chi connectivity index (χ0n) is 4.89. The van der Waals surface area contributed by atoms with Crippen molar-refractivity contribution in [2.24, 2.45) is 0 Å². The Balaban J connectivity index is -0.00000000800. The molecule has 4 radical (unpaired) electrons. The Hall–Kier alpha value is 2.10. The summed E-state index contributed by atoms with van der Waals surface area (Å²) in [6, 6.07) is 0. The molecule has 60 valence electrons. The molecule has 0 spiro atoms. The second-order valence-electron chi connectivity index (χ2n) is 0.568. The summed E-state index contributed by atoms with van der Waals surface area (Å²) in [6.07, 6.45) is 4.10. The average molecular weight is 281 g/mol. The molecule has 0 N–H and O–H groups in total. The van der Waals surface area contributed by atoms with Crippen LogP contribution in [-0.2, 0) is 0 Å². The quantitative estimate of drug-likeness (QED) is 0.529. The van der Waals surface area contributed by atoms with E-state index in [0.717, 1.165) is 0 Å². The molecule has 0 rings (SSSR count). The summed E-state index contributed by atoms with van der Waals surface area (Å²) >= 11 is 3.48. The van der Waals surface area contributed by atoms with Crippen LogP contribution in [0.2, 0.25) is 0 Å². The molecule has 0 heterocycles. The van der Waals surface area contributed by atoms with E-state index in [1.807, 2.05) is 0 Å². The van der Waals surface area contributed by atoms with Crippen molar-refractivity contribution < 1.29 is 18.9 Å². The van der Waals surface area contributed by atoms with Gasteiger partial charge in [0.15, 0.2) is 0 Å². The first-order chi connectivity index (χ1) is 2.41. The monoisotopic (exact) mass is 282 g/mol. The van der Waals surface area contributed by atoms with Crippen molar-refractivity contribution in [2.75, 3.05) is 12.5 Å². The smallest absolute Gasteiger partial charge is 0.344 e. The van der Waals surface area contributed by atoms with Crippen LogP contribution in [0.1, 0.15) is 22.3 Å². The molecule has 0 fully saturated rings. The molecule has 0 nitrogen and oxygen atoms in total. The maximum absolute atomic E-state index is 2.08. The summed E-state index contributed by atoms with van der Waals surface area (Å²) in [5.74, 6) is 0. The third-order valence-corrected chi connectivity index (χ3v) is 1.73. The van der Waals surface area contributed by atoms with E-state index in [1.54, 1.807) is 23.5 Å². The van der Waals surface area contributed by atoms with E-state index in [9.17, 15) is 0 Å². The number of rotatable bonds is 2. The van der Waals surface area contributed by atoms with Crippen molar-refractivity contribution in [3.05, 3.63) is 5.08 Å². The first kappa shape index (κ1) is 40.1. The zero-order chi connectivity index (χ0) is 4.12. The molecule has 0 aromatic rings. The van der Waals surface area contributed by atoms with Gasteiger partial charge in [-0.2, -0.15) is 0 Å². The first-order valence-corrected chi connectivity index (χ1v) is 3.86. The molecule has 0 aliphatic heterocycles. The van der Waals surface area contributed by atoms with Crippen LogP contribution in [0.3, 0.4) is 0 Å². The van der Waals surface area contributed by atoms with Gasteiger partial charge in [-0.25, -0.2) is 5.08 Å². The Kier molecular flexibility index (Phi) is 175. The Bertz CT molecular complexity index is 23.2. The van der Waals surface area contributed by atoms with Gasteiger partial charge >= 0.3 is 18.9 Å². The standard InChI is InChI=1S/C3H7S2.3CH4.Li.Sn/c1-4-3-5-2;;;;;/h3H,1-2H3;3*1H4;;/q-1;;;;+1;. The largest absolute Gasteiger partial charge is 1.00 e. The Morgan fingerprint density at radius 2 is 1.10 bits per heavy atom. The maximum Gasteiger partial charge on any atom is 1.00 e. The summed E-state index contributed by atoms with van der Waals surface area (Å²) in [5, 5.41) is 2.08. The third-order valence-electron chi connectivity index (χ3n) is 0.192. The van der Waals surface area contributed by atoms with E-state index >= 15 is 0 Å². The summed E-state index contributed by atoms with van der Waals surface area (Å²) in [6.45, 7) is 0. The van der Waals surface area contributed by atoms with Gasteiger partial charge in [-0.3, -0.25) is 0 Å². The van der Waals surface area contributed by atoms with E-state index in [0.29, 0.717) is 0 Å². The van der Waals surface area contributed by atoms with Crippen molar-refractivity contribution in [1.82, 2.24) is 0 Å². The molecule has 0 aliphatic rings. The van der Waals surface area contributed by atoms with Gasteiger partial charge in [0.25, 0.3) is 0 Å². The van der Waals surface area contributed by atoms with E-state index in [4.69, 9.17) is 0 Å². The fourth-order valence-corrected chi connectivity index (χ4v) is 0.866. The van der Waals surface area contributed by atoms with E-state index in [1.165, 1.54) is 0 Å². The zero-order valence-corrected chi connectivity index (χ0v) is 9.38. The fraction of sp³-hybridized carbons (Fsp3) is 0.833. The Morgan fingerprint density at radius 1 is 0.900 bits per heavy atom. The summed E-state index contributed by atoms with van der Waals surface area (Å²) < 4.78 is 0. The second kappa shape index (κ2) is 43.6. The van der Waals surface area contributed by atoms with Gasteiger partial charge in [0.1, 0.15) is 0 Å². The van der Waals surface area contributed by atoms with E-state index in [-0.39, 0.29) is 65.0 Å². The molecule has 4 heteroatoms. The molecular formula is C6H19LiS2Sn. The van der Waals surface area contributed by atoms with Gasteiger partial charge in [-0.1, -0.05) is 22.3 Å². The van der Waals surface area contributed by atoms with Gasteiger partial charge in [0.05, 0.1) is 0 Å². The molecule has 0 bridgehead atoms. The molecule has 0 aromatic heterocycles. The number of hydrogen-bond donors (Lipinski definition) is 0. The van der Waals surface area contributed by atoms with Crippen LogP contribution in [0, 0.1) is 5.08 Å². The van der Waals surface area contributed by atoms with Gasteiger partial charge in [0.2, 0.25) is 0 Å². The van der Waals surface area contributed by atoms with Gasteiger partial charge in [-0.15, -0.1) is 0 Å². The van der Waals surface area contributed by atoms with Crippen LogP contribution in [0.25, 0.3) is 0 Å². The van der Waals surface area contributed by atoms with Crippen molar-refractivity contribution in [3.8, 4) is 0 Å². The molecule has 0 unspecified atom stereocenters. The molecular weight excluding hydrogens is 262 g/mol. The molecule has 0 aromatic carbocycles. The van der Waals surface area contributed by atoms with Crippen molar-refractivity contribution in [1.29, 1.82) is 0 Å². The molecule has 10 heavy (non-hydrogen) atoms. The Labute approximate surface area is 105 Å². The van der Waals surface area contributed by atoms with Crippen LogP contribution in [0.4, 0.5) is 0 Å². The number of thioether (sulfide) groups is 2. The van der Waals surface area contributed by atoms with Gasteiger partial charge in [-0.05, 0) is 12.5 Å². The van der Waals surface area contributed by atoms with E-state index in [2.05, 4.69) is 17.6 Å². The van der Waals surface area contributed by atoms with Crippen LogP contribution >= 0.6 is 23.5 Å². The van der Waals surface area contributed by atoms with Crippen molar-refractivity contribution in [2.45, 2.75) is 22.3 Å². The van der Waals surface area contributed by atoms with Crippen molar-refractivity contribution in [3.63, 3.8) is 0 Å². The predicted molar refractivity (Wildman–Crippen MR) is 57.3 cm³/mol. The molecule has 0 aliphatic carbocycles. The first-order valence-electron chi connectivity index (χ1n) is 1.29. The average Bonchev–Trinajstić information content (AvgIpc) is 1.41. The van der Waals surface area contributed by atoms with Crippen LogP contribution in [-0.4, -0.2) is 36.4 Å². The minimum atomic E-state index is 0. The fourth-order valence-electron chi connectivity index (χ4n) is 0.0962. The van der Waals surface area contributed by atoms with Gasteiger partial charge in [0, 0.05) is 23.9 Å². The van der Waals surface area contributed by atoms with Crippen LogP contribution in [0.5, 0.6) is 0 Å². The van der Waals surface area contributed by atoms with Crippen LogP contribution in [0.15, 0.2) is 0 Å². The maximum atomic E-state index is 2.08. The number of hydrogen-bond acceptors (Lipinski definition) is 2. The molecule has 0 atom stereocenters. The Morgan fingerprint density at radius 3 is 1.10 bits per heavy atom. The van der Waals surface area contributed by atoms with Gasteiger partial charge < -0.3 is 23.5 Å². The topological polar surface area (TPSA) is 0 Å². The normalized spacial score (nSPS) is 4.20. The molecule has 0 amide bonds. The van der Waals surface area contributed by atoms with Crippen LogP contribution < -0.4 is 18.9 Å². The molecule has 0 saturated carbocycles.